The molecule has 2 amide bonds. The van der Waals surface area contributed by atoms with Crippen LogP contribution < -0.4 is 5.32 Å². The molecule has 0 atom stereocenters. The monoisotopic (exact) mass is 398 g/mol. The molecule has 2 aromatic rings. The van der Waals surface area contributed by atoms with Crippen molar-refractivity contribution >= 4 is 29.3 Å². The Hall–Kier alpha value is -2.41. The number of carbonyl (C=O) groups is 2. The number of benzene rings is 1. The first kappa shape index (κ1) is 20.3. The van der Waals surface area contributed by atoms with E-state index < -0.39 is 0 Å². The fourth-order valence-electron chi connectivity index (χ4n) is 3.21. The normalized spacial score (nSPS) is 15.1. The van der Waals surface area contributed by atoms with Crippen LogP contribution in [0.3, 0.4) is 0 Å². The van der Waals surface area contributed by atoms with Crippen molar-refractivity contribution in [1.29, 1.82) is 0 Å². The van der Waals surface area contributed by atoms with Gasteiger partial charge in [-0.15, -0.1) is 0 Å². The van der Waals surface area contributed by atoms with Gasteiger partial charge in [0.15, 0.2) is 5.16 Å². The number of hydrogen-bond acceptors (Lipinski definition) is 5. The zero-order chi connectivity index (χ0) is 19.9. The minimum atomic E-state index is -0.160. The molecule has 0 bridgehead atoms. The average molecular weight is 399 g/mol. The van der Waals surface area contributed by atoms with E-state index in [4.69, 9.17) is 0 Å². The molecule has 1 aromatic carbocycles. The summed E-state index contributed by atoms with van der Waals surface area (Å²) in [6, 6.07) is 9.53. The summed E-state index contributed by atoms with van der Waals surface area (Å²) in [5.74, 6) is -0.0815. The highest BCUT2D eigenvalue weighted by Crippen LogP contribution is 2.26. The molecule has 148 valence electrons. The van der Waals surface area contributed by atoms with E-state index in [2.05, 4.69) is 15.3 Å². The molecule has 1 aromatic heterocycles. The number of aromatic nitrogens is 2. The number of likely N-dealkylation sites (tertiary alicyclic amines) is 1. The van der Waals surface area contributed by atoms with Crippen molar-refractivity contribution in [2.45, 2.75) is 56.0 Å². The Balaban J connectivity index is 1.55. The van der Waals surface area contributed by atoms with Gasteiger partial charge in [0.25, 0.3) is 0 Å². The summed E-state index contributed by atoms with van der Waals surface area (Å²) in [6.45, 7) is 4.69. The van der Waals surface area contributed by atoms with Crippen LogP contribution in [0.1, 0.15) is 43.5 Å². The third kappa shape index (κ3) is 6.05. The third-order valence-corrected chi connectivity index (χ3v) is 5.44. The largest absolute Gasteiger partial charge is 0.333 e. The molecule has 0 saturated carbocycles. The summed E-state index contributed by atoms with van der Waals surface area (Å²) in [4.78, 5) is 36.0. The lowest BCUT2D eigenvalue weighted by molar-refractivity contribution is -0.135. The minimum Gasteiger partial charge on any atom is -0.333 e. The van der Waals surface area contributed by atoms with Crippen LogP contribution >= 0.6 is 11.8 Å². The predicted molar refractivity (Wildman–Crippen MR) is 110 cm³/mol. The number of nitrogens with one attached hydrogen (secondary N) is 1. The van der Waals surface area contributed by atoms with Crippen molar-refractivity contribution < 1.29 is 9.59 Å². The number of hydrogen-bond donors (Lipinski definition) is 1. The van der Waals surface area contributed by atoms with E-state index in [-0.39, 0.29) is 18.4 Å². The molecule has 7 heteroatoms. The van der Waals surface area contributed by atoms with Crippen LogP contribution in [0.5, 0.6) is 0 Å². The van der Waals surface area contributed by atoms with Gasteiger partial charge in [-0.25, -0.2) is 9.97 Å². The minimum absolute atomic E-state index is 0.0787. The van der Waals surface area contributed by atoms with Crippen LogP contribution in [-0.2, 0) is 9.59 Å². The van der Waals surface area contributed by atoms with E-state index in [1.807, 2.05) is 44.2 Å². The summed E-state index contributed by atoms with van der Waals surface area (Å²) >= 11 is 1.49. The van der Waals surface area contributed by atoms with Crippen molar-refractivity contribution in [3.8, 4) is 0 Å². The van der Waals surface area contributed by atoms with E-state index >= 15 is 0 Å². The van der Waals surface area contributed by atoms with E-state index in [1.54, 1.807) is 4.90 Å². The van der Waals surface area contributed by atoms with Crippen molar-refractivity contribution in [1.82, 2.24) is 14.9 Å². The zero-order valence-corrected chi connectivity index (χ0v) is 17.2. The van der Waals surface area contributed by atoms with Crippen molar-refractivity contribution in [3.05, 3.63) is 41.7 Å². The van der Waals surface area contributed by atoms with Crippen LogP contribution in [0.25, 0.3) is 0 Å². The Morgan fingerprint density at radius 2 is 1.75 bits per heavy atom. The lowest BCUT2D eigenvalue weighted by Crippen LogP contribution is -2.39. The summed E-state index contributed by atoms with van der Waals surface area (Å²) in [5, 5.41) is 3.59. The van der Waals surface area contributed by atoms with E-state index in [0.29, 0.717) is 18.1 Å². The Morgan fingerprint density at radius 1 is 1.07 bits per heavy atom. The van der Waals surface area contributed by atoms with Crippen LogP contribution in [0.4, 0.5) is 5.69 Å². The Morgan fingerprint density at radius 3 is 2.46 bits per heavy atom. The second-order valence-corrected chi connectivity index (χ2v) is 8.13. The fourth-order valence-corrected chi connectivity index (χ4v) is 4.07. The molecule has 0 radical (unpaired) electrons. The molecule has 1 fully saturated rings. The maximum atomic E-state index is 12.3. The molecule has 6 nitrogen and oxygen atoms in total. The van der Waals surface area contributed by atoms with Gasteiger partial charge in [-0.05, 0) is 68.8 Å². The number of nitrogens with zero attached hydrogens (tertiary/aromatic N) is 3. The topological polar surface area (TPSA) is 75.2 Å². The van der Waals surface area contributed by atoms with Crippen LogP contribution in [0, 0.1) is 13.8 Å². The van der Waals surface area contributed by atoms with Crippen molar-refractivity contribution in [2.75, 3.05) is 18.4 Å². The molecule has 0 unspecified atom stereocenters. The maximum Gasteiger partial charge on any atom is 0.243 e. The highest BCUT2D eigenvalue weighted by atomic mass is 32.2. The van der Waals surface area contributed by atoms with Gasteiger partial charge in [0.05, 0.1) is 6.54 Å². The number of amides is 2. The first-order valence-corrected chi connectivity index (χ1v) is 10.5. The molecule has 1 saturated heterocycles. The van der Waals surface area contributed by atoms with Gasteiger partial charge in [-0.3, -0.25) is 9.59 Å². The maximum absolute atomic E-state index is 12.3. The van der Waals surface area contributed by atoms with Gasteiger partial charge in [0, 0.05) is 34.9 Å². The lowest BCUT2D eigenvalue weighted by atomic mass is 10.1. The smallest absolute Gasteiger partial charge is 0.243 e. The van der Waals surface area contributed by atoms with Gasteiger partial charge in [-0.1, -0.05) is 12.8 Å². The average Bonchev–Trinajstić information content (AvgIpc) is 2.62. The highest BCUT2D eigenvalue weighted by Gasteiger charge is 2.18. The van der Waals surface area contributed by atoms with E-state index in [1.165, 1.54) is 11.8 Å². The molecule has 2 heterocycles. The molecule has 0 aliphatic carbocycles. The first-order chi connectivity index (χ1) is 13.5. The second kappa shape index (κ2) is 9.68. The Labute approximate surface area is 170 Å². The molecule has 1 N–H and O–H groups in total. The van der Waals surface area contributed by atoms with E-state index in [0.717, 1.165) is 47.7 Å². The molecule has 1 aliphatic rings. The van der Waals surface area contributed by atoms with E-state index in [9.17, 15) is 9.59 Å². The number of aryl methyl sites for hydroxylation is 2. The number of anilines is 1. The third-order valence-electron chi connectivity index (χ3n) is 4.56. The summed E-state index contributed by atoms with van der Waals surface area (Å²) in [6.07, 6.45) is 4.64. The van der Waals surface area contributed by atoms with Gasteiger partial charge in [0.2, 0.25) is 11.8 Å². The lowest BCUT2D eigenvalue weighted by Gasteiger charge is -2.24. The Kier molecular flexibility index (Phi) is 7.03. The summed E-state index contributed by atoms with van der Waals surface area (Å²) < 4.78 is 0. The quantitative estimate of drug-likeness (QED) is 0.771. The molecule has 0 spiro atoms. The van der Waals surface area contributed by atoms with Gasteiger partial charge in [-0.2, -0.15) is 0 Å². The summed E-state index contributed by atoms with van der Waals surface area (Å²) in [5.41, 5.74) is 2.60. The van der Waals surface area contributed by atoms with Gasteiger partial charge in [0.1, 0.15) is 0 Å². The van der Waals surface area contributed by atoms with Crippen LogP contribution in [0.15, 0.2) is 40.4 Å². The highest BCUT2D eigenvalue weighted by molar-refractivity contribution is 7.99. The summed E-state index contributed by atoms with van der Waals surface area (Å²) in [7, 11) is 0. The molecule has 1 aliphatic heterocycles. The SMILES string of the molecule is Cc1cc(C)nc(Sc2ccc(NC(=O)CN3CCCCCCC3=O)cc2)n1. The number of rotatable bonds is 5. The van der Waals surface area contributed by atoms with Gasteiger partial charge < -0.3 is 10.2 Å². The standard InChI is InChI=1S/C21H26N4O2S/c1-15-13-16(2)23-21(22-15)28-18-10-8-17(9-11-18)24-19(26)14-25-12-6-4-3-5-7-20(25)27/h8-11,13H,3-7,12,14H2,1-2H3,(H,24,26). The van der Waals surface area contributed by atoms with Crippen molar-refractivity contribution in [2.24, 2.45) is 0 Å². The van der Waals surface area contributed by atoms with Crippen LogP contribution in [-0.4, -0.2) is 39.8 Å². The molecule has 3 rings (SSSR count). The predicted octanol–water partition coefficient (Wildman–Crippen LogP) is 3.98. The molecular weight excluding hydrogens is 372 g/mol. The molecular formula is C21H26N4O2S. The first-order valence-electron chi connectivity index (χ1n) is 9.67. The fraction of sp³-hybridized carbons (Fsp3) is 0.429. The Bertz CT molecular complexity index is 819. The second-order valence-electron chi connectivity index (χ2n) is 7.09. The van der Waals surface area contributed by atoms with Gasteiger partial charge >= 0.3 is 0 Å². The molecule has 28 heavy (non-hydrogen) atoms. The zero-order valence-electron chi connectivity index (χ0n) is 16.4. The number of carbonyl (C=O) groups excluding carboxylic acids is 2. The van der Waals surface area contributed by atoms with Crippen molar-refractivity contribution in [3.63, 3.8) is 0 Å². The van der Waals surface area contributed by atoms with Crippen LogP contribution in [0.2, 0.25) is 0 Å².